The van der Waals surface area contributed by atoms with Crippen molar-refractivity contribution in [3.63, 3.8) is 0 Å². The summed E-state index contributed by atoms with van der Waals surface area (Å²) in [7, 11) is 0. The zero-order valence-electron chi connectivity index (χ0n) is 18.1. The average Bonchev–Trinajstić information content (AvgIpc) is 3.23. The molecule has 4 rings (SSSR count). The number of benzene rings is 2. The van der Waals surface area contributed by atoms with Gasteiger partial charge < -0.3 is 14.7 Å². The van der Waals surface area contributed by atoms with Gasteiger partial charge >= 0.3 is 11.9 Å². The molecule has 2 N–H and O–H groups in total. The fraction of sp³-hybridized carbons (Fsp3) is 0.320. The molecule has 0 radical (unpaired) electrons. The van der Waals surface area contributed by atoms with E-state index in [9.17, 15) is 9.59 Å². The summed E-state index contributed by atoms with van der Waals surface area (Å²) in [5.41, 5.74) is 4.89. The zero-order valence-corrected chi connectivity index (χ0v) is 18.1. The topological polar surface area (TPSA) is 104 Å². The van der Waals surface area contributed by atoms with Crippen molar-refractivity contribution in [2.75, 3.05) is 13.1 Å². The van der Waals surface area contributed by atoms with E-state index in [1.807, 2.05) is 6.07 Å². The van der Waals surface area contributed by atoms with Crippen molar-refractivity contribution in [3.05, 3.63) is 77.5 Å². The van der Waals surface area contributed by atoms with Crippen LogP contribution in [0.5, 0.6) is 0 Å². The Balaban J connectivity index is 0.000000312. The minimum atomic E-state index is -1.26. The Morgan fingerprint density at radius 1 is 1.03 bits per heavy atom. The first kappa shape index (κ1) is 23.2. The summed E-state index contributed by atoms with van der Waals surface area (Å²) in [4.78, 5) is 21.7. The Bertz CT molecular complexity index is 1050. The van der Waals surface area contributed by atoms with Crippen molar-refractivity contribution < 1.29 is 24.3 Å². The molecule has 0 unspecified atom stereocenters. The molecule has 0 saturated carbocycles. The fourth-order valence-corrected chi connectivity index (χ4v) is 4.05. The molecule has 7 heteroatoms. The molecule has 168 valence electrons. The Morgan fingerprint density at radius 2 is 1.69 bits per heavy atom. The summed E-state index contributed by atoms with van der Waals surface area (Å²) < 4.78 is 5.51. The molecule has 0 amide bonds. The van der Waals surface area contributed by atoms with Gasteiger partial charge in [-0.05, 0) is 55.5 Å². The van der Waals surface area contributed by atoms with E-state index in [1.54, 1.807) is 0 Å². The van der Waals surface area contributed by atoms with Gasteiger partial charge in [-0.1, -0.05) is 54.5 Å². The van der Waals surface area contributed by atoms with E-state index in [2.05, 4.69) is 59.4 Å². The molecule has 3 aromatic rings. The van der Waals surface area contributed by atoms with E-state index in [4.69, 9.17) is 14.7 Å². The maximum absolute atomic E-state index is 9.55. The third kappa shape index (κ3) is 6.28. The van der Waals surface area contributed by atoms with Crippen molar-refractivity contribution in [2.45, 2.75) is 38.6 Å². The highest BCUT2D eigenvalue weighted by molar-refractivity contribution is 5.89. The van der Waals surface area contributed by atoms with E-state index in [0.717, 1.165) is 37.3 Å². The zero-order chi connectivity index (χ0) is 22.9. The van der Waals surface area contributed by atoms with E-state index in [0.29, 0.717) is 18.1 Å². The summed E-state index contributed by atoms with van der Waals surface area (Å²) in [5, 5.41) is 21.1. The second-order valence-electron chi connectivity index (χ2n) is 7.75. The van der Waals surface area contributed by atoms with E-state index < -0.39 is 11.9 Å². The summed E-state index contributed by atoms with van der Waals surface area (Å²) >= 11 is 0. The number of piperidine rings is 1. The lowest BCUT2D eigenvalue weighted by Gasteiger charge is -2.32. The summed E-state index contributed by atoms with van der Waals surface area (Å²) in [6, 6.07) is 17.2. The van der Waals surface area contributed by atoms with Gasteiger partial charge in [0, 0.05) is 24.1 Å². The second-order valence-corrected chi connectivity index (χ2v) is 7.75. The molecule has 7 nitrogen and oxygen atoms in total. The van der Waals surface area contributed by atoms with Gasteiger partial charge in [-0.25, -0.2) is 9.59 Å². The van der Waals surface area contributed by atoms with Crippen LogP contribution in [-0.4, -0.2) is 45.3 Å². The van der Waals surface area contributed by atoms with Gasteiger partial charge in [0.15, 0.2) is 5.58 Å². The number of carboxylic acids is 2. The van der Waals surface area contributed by atoms with Crippen LogP contribution in [0.25, 0.3) is 11.0 Å². The molecule has 32 heavy (non-hydrogen) atoms. The quantitative estimate of drug-likeness (QED) is 0.549. The Labute approximate surface area is 186 Å². The van der Waals surface area contributed by atoms with Crippen LogP contribution in [0.1, 0.15) is 42.5 Å². The molecule has 2 aromatic carbocycles. The lowest BCUT2D eigenvalue weighted by Crippen LogP contribution is -2.32. The largest absolute Gasteiger partial charge is 0.478 e. The Kier molecular flexibility index (Phi) is 8.16. The van der Waals surface area contributed by atoms with E-state index in [-0.39, 0.29) is 0 Å². The molecule has 1 aliphatic heterocycles. The number of aromatic nitrogens is 1. The van der Waals surface area contributed by atoms with Gasteiger partial charge in [-0.3, -0.25) is 4.90 Å². The highest BCUT2D eigenvalue weighted by Gasteiger charge is 2.24. The number of aliphatic carboxylic acids is 2. The lowest BCUT2D eigenvalue weighted by molar-refractivity contribution is -0.134. The molecular weight excluding hydrogens is 408 g/mol. The number of rotatable bonds is 6. The van der Waals surface area contributed by atoms with Crippen molar-refractivity contribution in [1.82, 2.24) is 10.1 Å². The molecule has 0 aliphatic carbocycles. The fourth-order valence-electron chi connectivity index (χ4n) is 4.05. The molecule has 1 fully saturated rings. The standard InChI is InChI=1S/C21H24N2O.C4H4O4/c1-2-19-21-18(9-6-10-20(21)24-22-19)17-11-13-23(14-12-17)15-16-7-4-3-5-8-16;5-3(6)1-2-4(7)8/h3-10,17H,2,11-15H2,1H3;1-2H,(H,5,6)(H,7,8). The van der Waals surface area contributed by atoms with E-state index in [1.165, 1.54) is 29.4 Å². The van der Waals surface area contributed by atoms with Crippen molar-refractivity contribution in [2.24, 2.45) is 0 Å². The SMILES string of the molecule is CCc1noc2cccc(C3CCN(Cc4ccccc4)CC3)c12.O=C(O)C=CC(=O)O. The van der Waals surface area contributed by atoms with Crippen molar-refractivity contribution in [1.29, 1.82) is 0 Å². The minimum absolute atomic E-state index is 0.558. The molecule has 0 spiro atoms. The van der Waals surface area contributed by atoms with Crippen LogP contribution >= 0.6 is 0 Å². The van der Waals surface area contributed by atoms with Gasteiger partial charge in [0.25, 0.3) is 0 Å². The molecule has 1 aliphatic rings. The van der Waals surface area contributed by atoms with Gasteiger partial charge in [-0.15, -0.1) is 0 Å². The summed E-state index contributed by atoms with van der Waals surface area (Å²) in [5.74, 6) is -1.90. The normalized spacial score (nSPS) is 14.9. The van der Waals surface area contributed by atoms with E-state index >= 15 is 0 Å². The van der Waals surface area contributed by atoms with Crippen LogP contribution in [0.2, 0.25) is 0 Å². The third-order valence-corrected chi connectivity index (χ3v) is 5.58. The molecule has 0 atom stereocenters. The smallest absolute Gasteiger partial charge is 0.328 e. The van der Waals surface area contributed by atoms with Crippen LogP contribution in [-0.2, 0) is 22.6 Å². The van der Waals surface area contributed by atoms with Crippen LogP contribution in [0.3, 0.4) is 0 Å². The van der Waals surface area contributed by atoms with Gasteiger partial charge in [0.05, 0.1) is 5.69 Å². The van der Waals surface area contributed by atoms with Crippen LogP contribution < -0.4 is 0 Å². The molecule has 0 bridgehead atoms. The number of aryl methyl sites for hydroxylation is 1. The predicted octanol–water partition coefficient (Wildman–Crippen LogP) is 4.48. The molecular formula is C25H28N2O5. The number of hydrogen-bond donors (Lipinski definition) is 2. The molecule has 2 heterocycles. The number of likely N-dealkylation sites (tertiary alicyclic amines) is 1. The molecule has 1 aromatic heterocycles. The number of hydrogen-bond acceptors (Lipinski definition) is 5. The maximum Gasteiger partial charge on any atom is 0.328 e. The highest BCUT2D eigenvalue weighted by Crippen LogP contribution is 2.35. The average molecular weight is 437 g/mol. The number of fused-ring (bicyclic) bond motifs is 1. The van der Waals surface area contributed by atoms with Crippen molar-refractivity contribution in [3.8, 4) is 0 Å². The first-order valence-electron chi connectivity index (χ1n) is 10.7. The number of carboxylic acid groups (broad SMARTS) is 2. The highest BCUT2D eigenvalue weighted by atomic mass is 16.5. The van der Waals surface area contributed by atoms with Gasteiger partial charge in [0.2, 0.25) is 0 Å². The number of carbonyl (C=O) groups is 2. The third-order valence-electron chi connectivity index (χ3n) is 5.58. The maximum atomic E-state index is 9.55. The first-order chi connectivity index (χ1) is 15.5. The molecule has 1 saturated heterocycles. The Morgan fingerprint density at radius 3 is 2.28 bits per heavy atom. The summed E-state index contributed by atoms with van der Waals surface area (Å²) in [6.45, 7) is 5.52. The van der Waals surface area contributed by atoms with Crippen LogP contribution in [0.15, 0.2) is 65.2 Å². The van der Waals surface area contributed by atoms with Gasteiger partial charge in [0.1, 0.15) is 0 Å². The first-order valence-corrected chi connectivity index (χ1v) is 10.7. The van der Waals surface area contributed by atoms with Crippen LogP contribution in [0, 0.1) is 0 Å². The lowest BCUT2D eigenvalue weighted by atomic mass is 9.86. The summed E-state index contributed by atoms with van der Waals surface area (Å²) in [6.07, 6.45) is 4.46. The van der Waals surface area contributed by atoms with Crippen molar-refractivity contribution >= 4 is 22.9 Å². The van der Waals surface area contributed by atoms with Crippen LogP contribution in [0.4, 0.5) is 0 Å². The monoisotopic (exact) mass is 436 g/mol. The predicted molar refractivity (Wildman–Crippen MR) is 121 cm³/mol. The Hall–Kier alpha value is -3.45. The second kappa shape index (κ2) is 11.2. The van der Waals surface area contributed by atoms with Gasteiger partial charge in [-0.2, -0.15) is 0 Å². The minimum Gasteiger partial charge on any atom is -0.478 e. The number of nitrogens with zero attached hydrogens (tertiary/aromatic N) is 2.